The van der Waals surface area contributed by atoms with Gasteiger partial charge in [0.2, 0.25) is 0 Å². The molecule has 0 aromatic carbocycles. The SMILES string of the molecule is O=C(O)C(F)(F)F.c1ncn([C@@H]2CCNC2)n1. The fraction of sp³-hybridized carbons (Fsp3) is 0.625. The van der Waals surface area contributed by atoms with Crippen molar-refractivity contribution >= 4 is 5.97 Å². The average molecular weight is 252 g/mol. The van der Waals surface area contributed by atoms with E-state index in [-0.39, 0.29) is 0 Å². The van der Waals surface area contributed by atoms with E-state index in [9.17, 15) is 13.2 Å². The molecular weight excluding hydrogens is 241 g/mol. The number of carboxylic acid groups (broad SMARTS) is 1. The lowest BCUT2D eigenvalue weighted by Gasteiger charge is -2.05. The summed E-state index contributed by atoms with van der Waals surface area (Å²) < 4.78 is 33.7. The highest BCUT2D eigenvalue weighted by atomic mass is 19.4. The molecule has 0 bridgehead atoms. The third-order valence-electron chi connectivity index (χ3n) is 2.09. The van der Waals surface area contributed by atoms with E-state index in [1.54, 1.807) is 12.7 Å². The summed E-state index contributed by atoms with van der Waals surface area (Å²) in [5.41, 5.74) is 0. The molecule has 6 nitrogen and oxygen atoms in total. The van der Waals surface area contributed by atoms with Gasteiger partial charge in [-0.1, -0.05) is 0 Å². The van der Waals surface area contributed by atoms with E-state index in [2.05, 4.69) is 15.4 Å². The van der Waals surface area contributed by atoms with Crippen LogP contribution in [0, 0.1) is 0 Å². The Kier molecular flexibility index (Phi) is 4.44. The Hall–Kier alpha value is -1.64. The van der Waals surface area contributed by atoms with Crippen LogP contribution < -0.4 is 5.32 Å². The van der Waals surface area contributed by atoms with E-state index >= 15 is 0 Å². The van der Waals surface area contributed by atoms with Crippen molar-refractivity contribution in [3.05, 3.63) is 12.7 Å². The first kappa shape index (κ1) is 13.4. The zero-order valence-corrected chi connectivity index (χ0v) is 8.68. The molecule has 1 aliphatic heterocycles. The van der Waals surface area contributed by atoms with E-state index in [0.29, 0.717) is 6.04 Å². The first-order valence-corrected chi connectivity index (χ1v) is 4.76. The molecular formula is C8H11F3N4O2. The predicted molar refractivity (Wildman–Crippen MR) is 50.2 cm³/mol. The van der Waals surface area contributed by atoms with Crippen molar-refractivity contribution in [3.8, 4) is 0 Å². The highest BCUT2D eigenvalue weighted by Crippen LogP contribution is 2.13. The zero-order valence-electron chi connectivity index (χ0n) is 8.68. The molecule has 2 heterocycles. The van der Waals surface area contributed by atoms with Crippen molar-refractivity contribution < 1.29 is 23.1 Å². The Balaban J connectivity index is 0.000000185. The third kappa shape index (κ3) is 4.39. The lowest BCUT2D eigenvalue weighted by atomic mass is 10.3. The summed E-state index contributed by atoms with van der Waals surface area (Å²) in [6.07, 6.45) is -0.556. The van der Waals surface area contributed by atoms with Gasteiger partial charge in [-0.15, -0.1) is 0 Å². The molecule has 17 heavy (non-hydrogen) atoms. The Labute approximate surface area is 94.5 Å². The molecule has 1 fully saturated rings. The van der Waals surface area contributed by atoms with Crippen LogP contribution in [-0.4, -0.2) is 45.1 Å². The van der Waals surface area contributed by atoms with Crippen LogP contribution >= 0.6 is 0 Å². The van der Waals surface area contributed by atoms with E-state index < -0.39 is 12.1 Å². The van der Waals surface area contributed by atoms with Gasteiger partial charge >= 0.3 is 12.1 Å². The number of hydrogen-bond donors (Lipinski definition) is 2. The second-order valence-electron chi connectivity index (χ2n) is 3.33. The lowest BCUT2D eigenvalue weighted by molar-refractivity contribution is -0.192. The van der Waals surface area contributed by atoms with Crippen LogP contribution in [0.5, 0.6) is 0 Å². The van der Waals surface area contributed by atoms with Crippen molar-refractivity contribution in [2.45, 2.75) is 18.6 Å². The van der Waals surface area contributed by atoms with E-state index in [0.717, 1.165) is 13.1 Å². The number of carboxylic acids is 1. The van der Waals surface area contributed by atoms with Crippen molar-refractivity contribution in [1.29, 1.82) is 0 Å². The summed E-state index contributed by atoms with van der Waals surface area (Å²) in [6, 6.07) is 0.530. The fourth-order valence-corrected chi connectivity index (χ4v) is 1.27. The first-order chi connectivity index (χ1) is 7.91. The molecule has 1 atom stereocenters. The highest BCUT2D eigenvalue weighted by Gasteiger charge is 2.38. The minimum absolute atomic E-state index is 0.530. The summed E-state index contributed by atoms with van der Waals surface area (Å²) >= 11 is 0. The maximum atomic E-state index is 10.6. The van der Waals surface area contributed by atoms with Gasteiger partial charge in [0, 0.05) is 6.54 Å². The molecule has 0 amide bonds. The Morgan fingerprint density at radius 3 is 2.53 bits per heavy atom. The van der Waals surface area contributed by atoms with Gasteiger partial charge in [-0.3, -0.25) is 0 Å². The maximum absolute atomic E-state index is 10.6. The smallest absolute Gasteiger partial charge is 0.475 e. The number of halogens is 3. The molecule has 1 saturated heterocycles. The zero-order chi connectivity index (χ0) is 12.9. The quantitative estimate of drug-likeness (QED) is 0.758. The van der Waals surface area contributed by atoms with E-state index in [1.807, 2.05) is 4.68 Å². The first-order valence-electron chi connectivity index (χ1n) is 4.76. The average Bonchev–Trinajstić information content (AvgIpc) is 2.90. The van der Waals surface area contributed by atoms with Gasteiger partial charge in [0.05, 0.1) is 6.04 Å². The van der Waals surface area contributed by atoms with Crippen LogP contribution in [0.3, 0.4) is 0 Å². The number of carbonyl (C=O) groups is 1. The normalized spacial score (nSPS) is 19.6. The molecule has 0 unspecified atom stereocenters. The second-order valence-corrected chi connectivity index (χ2v) is 3.33. The molecule has 0 spiro atoms. The Morgan fingerprint density at radius 2 is 2.18 bits per heavy atom. The molecule has 1 aliphatic rings. The highest BCUT2D eigenvalue weighted by molar-refractivity contribution is 5.73. The number of aliphatic carboxylic acids is 1. The van der Waals surface area contributed by atoms with Gasteiger partial charge in [0.1, 0.15) is 12.7 Å². The summed E-state index contributed by atoms with van der Waals surface area (Å²) in [5, 5.41) is 14.5. The van der Waals surface area contributed by atoms with Crippen LogP contribution in [0.1, 0.15) is 12.5 Å². The molecule has 0 saturated carbocycles. The summed E-state index contributed by atoms with van der Waals surface area (Å²) in [7, 11) is 0. The molecule has 9 heteroatoms. The molecule has 2 rings (SSSR count). The van der Waals surface area contributed by atoms with Gasteiger partial charge < -0.3 is 10.4 Å². The largest absolute Gasteiger partial charge is 0.490 e. The van der Waals surface area contributed by atoms with Gasteiger partial charge in [-0.25, -0.2) is 14.5 Å². The molecule has 1 aromatic heterocycles. The van der Waals surface area contributed by atoms with Gasteiger partial charge in [0.25, 0.3) is 0 Å². The van der Waals surface area contributed by atoms with Crippen LogP contribution in [0.25, 0.3) is 0 Å². The van der Waals surface area contributed by atoms with Crippen LogP contribution in [0.2, 0.25) is 0 Å². The van der Waals surface area contributed by atoms with E-state index in [4.69, 9.17) is 9.90 Å². The summed E-state index contributed by atoms with van der Waals surface area (Å²) in [5.74, 6) is -2.76. The summed E-state index contributed by atoms with van der Waals surface area (Å²) in [4.78, 5) is 12.8. The minimum Gasteiger partial charge on any atom is -0.475 e. The number of nitrogens with zero attached hydrogens (tertiary/aromatic N) is 3. The molecule has 2 N–H and O–H groups in total. The third-order valence-corrected chi connectivity index (χ3v) is 2.09. The standard InChI is InChI=1S/C6H10N4.C2HF3O2/c1-2-7-3-6(1)10-5-8-4-9-10;3-2(4,5)1(6)7/h4-7H,1-3H2;(H,6,7)/t6-;/m1./s1. The van der Waals surface area contributed by atoms with Gasteiger partial charge in [-0.2, -0.15) is 18.3 Å². The lowest BCUT2D eigenvalue weighted by Crippen LogP contribution is -2.21. The maximum Gasteiger partial charge on any atom is 0.490 e. The minimum atomic E-state index is -5.08. The topological polar surface area (TPSA) is 80.0 Å². The van der Waals surface area contributed by atoms with Crippen molar-refractivity contribution in [2.24, 2.45) is 0 Å². The Bertz CT molecular complexity index is 346. The van der Waals surface area contributed by atoms with Crippen LogP contribution in [0.4, 0.5) is 13.2 Å². The van der Waals surface area contributed by atoms with Crippen LogP contribution in [-0.2, 0) is 4.79 Å². The van der Waals surface area contributed by atoms with Crippen LogP contribution in [0.15, 0.2) is 12.7 Å². The number of nitrogens with one attached hydrogen (secondary N) is 1. The molecule has 0 aliphatic carbocycles. The van der Waals surface area contributed by atoms with Crippen molar-refractivity contribution in [3.63, 3.8) is 0 Å². The van der Waals surface area contributed by atoms with Crippen molar-refractivity contribution in [2.75, 3.05) is 13.1 Å². The van der Waals surface area contributed by atoms with E-state index in [1.165, 1.54) is 6.42 Å². The second kappa shape index (κ2) is 5.62. The number of hydrogen-bond acceptors (Lipinski definition) is 4. The monoisotopic (exact) mass is 252 g/mol. The Morgan fingerprint density at radius 1 is 1.53 bits per heavy atom. The van der Waals surface area contributed by atoms with Gasteiger partial charge in [-0.05, 0) is 13.0 Å². The molecule has 1 aromatic rings. The number of alkyl halides is 3. The number of aromatic nitrogens is 3. The fourth-order valence-electron chi connectivity index (χ4n) is 1.27. The predicted octanol–water partition coefficient (Wildman–Crippen LogP) is 0.446. The van der Waals surface area contributed by atoms with Gasteiger partial charge in [0.15, 0.2) is 0 Å². The molecule has 96 valence electrons. The summed E-state index contributed by atoms with van der Waals surface area (Å²) in [6.45, 7) is 2.13. The molecule has 0 radical (unpaired) electrons. The number of rotatable bonds is 1. The van der Waals surface area contributed by atoms with Crippen molar-refractivity contribution in [1.82, 2.24) is 20.1 Å².